The standard InChI is InChI=1S/C15H29N3/c1-6-13(7-2)16-11-12(5)18-15(9-4)10-14(8-3)17-18/h10,12-13,16H,6-9,11H2,1-5H3. The highest BCUT2D eigenvalue weighted by molar-refractivity contribution is 5.11. The number of nitrogens with zero attached hydrogens (tertiary/aromatic N) is 2. The first-order valence-electron chi connectivity index (χ1n) is 7.46. The Kier molecular flexibility index (Phi) is 6.41. The summed E-state index contributed by atoms with van der Waals surface area (Å²) in [4.78, 5) is 0. The van der Waals surface area contributed by atoms with Crippen molar-refractivity contribution in [2.75, 3.05) is 6.54 Å². The van der Waals surface area contributed by atoms with Crippen LogP contribution in [0.25, 0.3) is 0 Å². The normalized spacial score (nSPS) is 13.2. The van der Waals surface area contributed by atoms with Gasteiger partial charge in [-0.1, -0.05) is 27.7 Å². The third kappa shape index (κ3) is 3.84. The van der Waals surface area contributed by atoms with Crippen molar-refractivity contribution < 1.29 is 0 Å². The molecule has 1 rings (SSSR count). The highest BCUT2D eigenvalue weighted by atomic mass is 15.3. The zero-order valence-electron chi connectivity index (χ0n) is 12.7. The van der Waals surface area contributed by atoms with Crippen LogP contribution in [0.15, 0.2) is 6.07 Å². The highest BCUT2D eigenvalue weighted by Crippen LogP contribution is 2.13. The van der Waals surface area contributed by atoms with Crippen LogP contribution >= 0.6 is 0 Å². The van der Waals surface area contributed by atoms with E-state index >= 15 is 0 Å². The highest BCUT2D eigenvalue weighted by Gasteiger charge is 2.13. The topological polar surface area (TPSA) is 29.9 Å². The predicted molar refractivity (Wildman–Crippen MR) is 78.1 cm³/mol. The summed E-state index contributed by atoms with van der Waals surface area (Å²) < 4.78 is 2.20. The summed E-state index contributed by atoms with van der Waals surface area (Å²) in [6, 6.07) is 3.31. The molecular weight excluding hydrogens is 222 g/mol. The Hall–Kier alpha value is -0.830. The van der Waals surface area contributed by atoms with Gasteiger partial charge >= 0.3 is 0 Å². The minimum atomic E-state index is 0.431. The van der Waals surface area contributed by atoms with Crippen molar-refractivity contribution in [2.45, 2.75) is 72.4 Å². The Balaban J connectivity index is 2.65. The van der Waals surface area contributed by atoms with Gasteiger partial charge in [-0.2, -0.15) is 5.10 Å². The molecule has 1 unspecified atom stereocenters. The van der Waals surface area contributed by atoms with Gasteiger partial charge in [-0.15, -0.1) is 0 Å². The van der Waals surface area contributed by atoms with Gasteiger partial charge in [-0.05, 0) is 38.7 Å². The minimum Gasteiger partial charge on any atom is -0.312 e. The number of aromatic nitrogens is 2. The van der Waals surface area contributed by atoms with Crippen molar-refractivity contribution in [1.82, 2.24) is 15.1 Å². The molecule has 18 heavy (non-hydrogen) atoms. The lowest BCUT2D eigenvalue weighted by molar-refractivity contribution is 0.393. The van der Waals surface area contributed by atoms with Gasteiger partial charge < -0.3 is 5.32 Å². The van der Waals surface area contributed by atoms with Crippen LogP contribution in [0, 0.1) is 0 Å². The van der Waals surface area contributed by atoms with E-state index in [0.717, 1.165) is 19.4 Å². The second-order valence-corrected chi connectivity index (χ2v) is 5.05. The quantitative estimate of drug-likeness (QED) is 0.768. The molecule has 1 heterocycles. The number of nitrogens with one attached hydrogen (secondary N) is 1. The second-order valence-electron chi connectivity index (χ2n) is 5.05. The summed E-state index contributed by atoms with van der Waals surface area (Å²) in [7, 11) is 0. The third-order valence-corrected chi connectivity index (χ3v) is 3.69. The van der Waals surface area contributed by atoms with Crippen LogP contribution in [0.4, 0.5) is 0 Å². The van der Waals surface area contributed by atoms with E-state index in [1.54, 1.807) is 0 Å². The van der Waals surface area contributed by atoms with Crippen LogP contribution in [0.5, 0.6) is 0 Å². The zero-order valence-corrected chi connectivity index (χ0v) is 12.7. The first-order chi connectivity index (χ1) is 8.65. The van der Waals surface area contributed by atoms with Crippen LogP contribution in [0.1, 0.15) is 64.9 Å². The molecule has 0 radical (unpaired) electrons. The molecule has 0 fully saturated rings. The molecule has 0 aromatic carbocycles. The molecule has 1 N–H and O–H groups in total. The van der Waals surface area contributed by atoms with Gasteiger partial charge in [-0.3, -0.25) is 4.68 Å². The summed E-state index contributed by atoms with van der Waals surface area (Å²) in [5, 5.41) is 8.34. The molecule has 0 saturated carbocycles. The third-order valence-electron chi connectivity index (χ3n) is 3.69. The molecular formula is C15H29N3. The summed E-state index contributed by atoms with van der Waals surface area (Å²) in [5.74, 6) is 0. The van der Waals surface area contributed by atoms with E-state index in [4.69, 9.17) is 5.10 Å². The number of rotatable bonds is 8. The maximum atomic E-state index is 4.71. The van der Waals surface area contributed by atoms with E-state index < -0.39 is 0 Å². The van der Waals surface area contributed by atoms with Crippen molar-refractivity contribution in [3.8, 4) is 0 Å². The summed E-state index contributed by atoms with van der Waals surface area (Å²) in [5.41, 5.74) is 2.56. The Labute approximate surface area is 112 Å². The SMILES string of the molecule is CCc1cc(CC)n(C(C)CNC(CC)CC)n1. The summed E-state index contributed by atoms with van der Waals surface area (Å²) >= 11 is 0. The Morgan fingerprint density at radius 1 is 1.17 bits per heavy atom. The lowest BCUT2D eigenvalue weighted by Crippen LogP contribution is -2.33. The number of hydrogen-bond acceptors (Lipinski definition) is 2. The van der Waals surface area contributed by atoms with Crippen molar-refractivity contribution in [3.05, 3.63) is 17.5 Å². The fourth-order valence-corrected chi connectivity index (χ4v) is 2.31. The monoisotopic (exact) mass is 251 g/mol. The maximum absolute atomic E-state index is 4.71. The van der Waals surface area contributed by atoms with Gasteiger partial charge in [0.2, 0.25) is 0 Å². The van der Waals surface area contributed by atoms with Crippen LogP contribution in [-0.2, 0) is 12.8 Å². The molecule has 104 valence electrons. The minimum absolute atomic E-state index is 0.431. The van der Waals surface area contributed by atoms with Gasteiger partial charge in [0.1, 0.15) is 0 Å². The van der Waals surface area contributed by atoms with Gasteiger partial charge in [0.05, 0.1) is 11.7 Å². The molecule has 1 aromatic heterocycles. The van der Waals surface area contributed by atoms with E-state index in [2.05, 4.69) is 50.7 Å². The molecule has 3 heteroatoms. The molecule has 1 atom stereocenters. The van der Waals surface area contributed by atoms with E-state index in [-0.39, 0.29) is 0 Å². The summed E-state index contributed by atoms with van der Waals surface area (Å²) in [6.07, 6.45) is 4.47. The molecule has 0 aliphatic rings. The predicted octanol–water partition coefficient (Wildman–Crippen LogP) is 3.35. The lowest BCUT2D eigenvalue weighted by atomic mass is 10.1. The molecule has 0 amide bonds. The lowest BCUT2D eigenvalue weighted by Gasteiger charge is -2.20. The fourth-order valence-electron chi connectivity index (χ4n) is 2.31. The number of hydrogen-bond donors (Lipinski definition) is 1. The van der Waals surface area contributed by atoms with Gasteiger partial charge in [0.25, 0.3) is 0 Å². The van der Waals surface area contributed by atoms with Gasteiger partial charge in [0, 0.05) is 18.3 Å². The van der Waals surface area contributed by atoms with E-state index in [1.165, 1.54) is 24.2 Å². The van der Waals surface area contributed by atoms with Crippen molar-refractivity contribution in [2.24, 2.45) is 0 Å². The Bertz CT molecular complexity index is 340. The maximum Gasteiger partial charge on any atom is 0.0624 e. The average Bonchev–Trinajstić information content (AvgIpc) is 2.83. The Morgan fingerprint density at radius 2 is 1.83 bits per heavy atom. The number of aryl methyl sites for hydroxylation is 2. The van der Waals surface area contributed by atoms with Crippen LogP contribution < -0.4 is 5.32 Å². The van der Waals surface area contributed by atoms with Gasteiger partial charge in [0.15, 0.2) is 0 Å². The smallest absolute Gasteiger partial charge is 0.0624 e. The van der Waals surface area contributed by atoms with Gasteiger partial charge in [-0.25, -0.2) is 0 Å². The van der Waals surface area contributed by atoms with Crippen LogP contribution in [-0.4, -0.2) is 22.4 Å². The van der Waals surface area contributed by atoms with E-state index in [0.29, 0.717) is 12.1 Å². The molecule has 0 aliphatic carbocycles. The fraction of sp³-hybridized carbons (Fsp3) is 0.800. The second kappa shape index (κ2) is 7.57. The molecule has 0 bridgehead atoms. The van der Waals surface area contributed by atoms with E-state index in [9.17, 15) is 0 Å². The van der Waals surface area contributed by atoms with Crippen LogP contribution in [0.2, 0.25) is 0 Å². The molecule has 0 spiro atoms. The van der Waals surface area contributed by atoms with Crippen molar-refractivity contribution in [3.63, 3.8) is 0 Å². The average molecular weight is 251 g/mol. The molecule has 3 nitrogen and oxygen atoms in total. The zero-order chi connectivity index (χ0) is 13.5. The van der Waals surface area contributed by atoms with Crippen molar-refractivity contribution >= 4 is 0 Å². The summed E-state index contributed by atoms with van der Waals surface area (Å²) in [6.45, 7) is 12.1. The van der Waals surface area contributed by atoms with Crippen LogP contribution in [0.3, 0.4) is 0 Å². The molecule has 1 aromatic rings. The molecule has 0 aliphatic heterocycles. The first-order valence-corrected chi connectivity index (χ1v) is 7.46. The largest absolute Gasteiger partial charge is 0.312 e. The first kappa shape index (κ1) is 15.2. The van der Waals surface area contributed by atoms with E-state index in [1.807, 2.05) is 0 Å². The molecule has 0 saturated heterocycles. The van der Waals surface area contributed by atoms with Crippen molar-refractivity contribution in [1.29, 1.82) is 0 Å². The Morgan fingerprint density at radius 3 is 2.33 bits per heavy atom.